The maximum Gasteiger partial charge on any atom is 0.168 e. The van der Waals surface area contributed by atoms with E-state index in [0.29, 0.717) is 23.1 Å². The van der Waals surface area contributed by atoms with Gasteiger partial charge in [-0.1, -0.05) is 12.1 Å². The van der Waals surface area contributed by atoms with E-state index in [9.17, 15) is 15.3 Å². The highest BCUT2D eigenvalue weighted by Gasteiger charge is 2.11. The van der Waals surface area contributed by atoms with Crippen molar-refractivity contribution in [2.24, 2.45) is 4.99 Å². The number of fused-ring (bicyclic) bond motifs is 1. The zero-order chi connectivity index (χ0) is 17.3. The lowest BCUT2D eigenvalue weighted by Crippen LogP contribution is -1.90. The third kappa shape index (κ3) is 2.88. The Morgan fingerprint density at radius 2 is 1.75 bits per heavy atom. The van der Waals surface area contributed by atoms with E-state index >= 15 is 0 Å². The van der Waals surface area contributed by atoms with Crippen molar-refractivity contribution in [3.63, 3.8) is 0 Å². The molecule has 0 aliphatic carbocycles. The molecule has 0 saturated heterocycles. The monoisotopic (exact) mass is 322 g/mol. The van der Waals surface area contributed by atoms with Gasteiger partial charge in [-0.3, -0.25) is 9.98 Å². The van der Waals surface area contributed by atoms with Crippen LogP contribution in [0.2, 0.25) is 0 Å². The van der Waals surface area contributed by atoms with Crippen LogP contribution in [0, 0.1) is 13.8 Å². The third-order valence-corrected chi connectivity index (χ3v) is 3.93. The van der Waals surface area contributed by atoms with Gasteiger partial charge in [-0.05, 0) is 42.7 Å². The lowest BCUT2D eigenvalue weighted by molar-refractivity contribution is 0.466. The first-order valence-corrected chi connectivity index (χ1v) is 7.58. The number of hydrogen-bond donors (Lipinski definition) is 3. The fraction of sp³-hybridized carbons (Fsp3) is 0.158. The van der Waals surface area contributed by atoms with Crippen LogP contribution in [0.25, 0.3) is 10.9 Å². The molecule has 0 spiro atoms. The van der Waals surface area contributed by atoms with E-state index in [-0.39, 0.29) is 17.2 Å². The summed E-state index contributed by atoms with van der Waals surface area (Å²) in [6, 6.07) is 8.59. The van der Waals surface area contributed by atoms with E-state index in [0.717, 1.165) is 16.7 Å². The lowest BCUT2D eigenvalue weighted by atomic mass is 10.0. The molecule has 0 aliphatic heterocycles. The first kappa shape index (κ1) is 15.8. The van der Waals surface area contributed by atoms with Crippen LogP contribution in [0.5, 0.6) is 17.2 Å². The van der Waals surface area contributed by atoms with Crippen molar-refractivity contribution >= 4 is 22.8 Å². The standard InChI is InChI=1S/C19H18N2O3/c1-11-8-13(9-12(2)18(11)23)5-7-20-15-10-16(22)14-4-3-6-21-17(14)19(15)24/h3-4,6-10,22-24H,5H2,1-2H3. The fourth-order valence-corrected chi connectivity index (χ4v) is 2.71. The van der Waals surface area contributed by atoms with Crippen LogP contribution in [0.1, 0.15) is 16.7 Å². The summed E-state index contributed by atoms with van der Waals surface area (Å²) < 4.78 is 0. The average Bonchev–Trinajstić information content (AvgIpc) is 2.57. The molecule has 2 aromatic carbocycles. The van der Waals surface area contributed by atoms with Crippen LogP contribution in [-0.2, 0) is 6.42 Å². The molecular formula is C19H18N2O3. The number of aliphatic imine (C=N–C) groups is 1. The quantitative estimate of drug-likeness (QED) is 0.504. The summed E-state index contributed by atoms with van der Waals surface area (Å²) in [5, 5.41) is 30.6. The SMILES string of the molecule is Cc1cc(CC=Nc2cc(O)c3cccnc3c2O)cc(C)c1O. The highest BCUT2D eigenvalue weighted by atomic mass is 16.3. The summed E-state index contributed by atoms with van der Waals surface area (Å²) in [7, 11) is 0. The number of phenols is 3. The topological polar surface area (TPSA) is 85.9 Å². The van der Waals surface area contributed by atoms with Crippen molar-refractivity contribution in [2.75, 3.05) is 0 Å². The molecule has 3 aromatic rings. The molecule has 0 amide bonds. The van der Waals surface area contributed by atoms with Gasteiger partial charge in [0.05, 0.1) is 0 Å². The van der Waals surface area contributed by atoms with Crippen molar-refractivity contribution in [3.05, 3.63) is 53.2 Å². The maximum absolute atomic E-state index is 10.3. The molecule has 0 fully saturated rings. The highest BCUT2D eigenvalue weighted by Crippen LogP contribution is 2.38. The van der Waals surface area contributed by atoms with Crippen molar-refractivity contribution in [3.8, 4) is 17.2 Å². The molecule has 5 nitrogen and oxygen atoms in total. The van der Waals surface area contributed by atoms with Gasteiger partial charge in [0.25, 0.3) is 0 Å². The highest BCUT2D eigenvalue weighted by molar-refractivity contribution is 5.94. The Balaban J connectivity index is 1.90. The largest absolute Gasteiger partial charge is 0.507 e. The Morgan fingerprint density at radius 1 is 1.04 bits per heavy atom. The molecule has 0 saturated carbocycles. The molecule has 1 heterocycles. The van der Waals surface area contributed by atoms with Crippen LogP contribution in [-0.4, -0.2) is 26.5 Å². The number of aromatic nitrogens is 1. The van der Waals surface area contributed by atoms with E-state index < -0.39 is 0 Å². The number of phenolic OH excluding ortho intramolecular Hbond substituents is 3. The molecule has 122 valence electrons. The number of nitrogens with zero attached hydrogens (tertiary/aromatic N) is 2. The predicted molar refractivity (Wildman–Crippen MR) is 94.5 cm³/mol. The van der Waals surface area contributed by atoms with Crippen LogP contribution >= 0.6 is 0 Å². The molecule has 0 atom stereocenters. The van der Waals surface area contributed by atoms with Gasteiger partial charge >= 0.3 is 0 Å². The van der Waals surface area contributed by atoms with E-state index in [4.69, 9.17) is 0 Å². The summed E-state index contributed by atoms with van der Waals surface area (Å²) >= 11 is 0. The second kappa shape index (κ2) is 6.20. The summed E-state index contributed by atoms with van der Waals surface area (Å²) in [4.78, 5) is 8.35. The van der Waals surface area contributed by atoms with Crippen LogP contribution < -0.4 is 0 Å². The first-order chi connectivity index (χ1) is 11.5. The first-order valence-electron chi connectivity index (χ1n) is 7.58. The number of rotatable bonds is 3. The van der Waals surface area contributed by atoms with E-state index in [1.807, 2.05) is 26.0 Å². The van der Waals surface area contributed by atoms with Crippen LogP contribution in [0.3, 0.4) is 0 Å². The van der Waals surface area contributed by atoms with E-state index in [1.54, 1.807) is 24.5 Å². The molecule has 3 rings (SSSR count). The second-order valence-electron chi connectivity index (χ2n) is 5.76. The molecule has 0 bridgehead atoms. The Kier molecular flexibility index (Phi) is 4.08. The Bertz CT molecular complexity index is 926. The molecule has 0 radical (unpaired) electrons. The smallest absolute Gasteiger partial charge is 0.168 e. The normalized spacial score (nSPS) is 11.4. The van der Waals surface area contributed by atoms with Gasteiger partial charge in [-0.15, -0.1) is 0 Å². The summed E-state index contributed by atoms with van der Waals surface area (Å²) in [5.74, 6) is 0.274. The lowest BCUT2D eigenvalue weighted by Gasteiger charge is -2.07. The Morgan fingerprint density at radius 3 is 2.46 bits per heavy atom. The van der Waals surface area contributed by atoms with Gasteiger partial charge in [0, 0.05) is 30.3 Å². The van der Waals surface area contributed by atoms with E-state index in [1.165, 1.54) is 6.07 Å². The maximum atomic E-state index is 10.3. The number of aromatic hydroxyl groups is 3. The number of benzene rings is 2. The second-order valence-corrected chi connectivity index (χ2v) is 5.76. The molecule has 0 unspecified atom stereocenters. The molecule has 3 N–H and O–H groups in total. The summed E-state index contributed by atoms with van der Waals surface area (Å²) in [6.07, 6.45) is 3.76. The van der Waals surface area contributed by atoms with Gasteiger partial charge in [-0.2, -0.15) is 0 Å². The molecule has 5 heteroatoms. The number of aryl methyl sites for hydroxylation is 2. The van der Waals surface area contributed by atoms with Crippen molar-refractivity contribution in [1.29, 1.82) is 0 Å². The minimum atomic E-state index is -0.0577. The molecule has 0 aliphatic rings. The van der Waals surface area contributed by atoms with Gasteiger partial charge in [0.2, 0.25) is 0 Å². The van der Waals surface area contributed by atoms with Crippen molar-refractivity contribution in [1.82, 2.24) is 4.98 Å². The minimum Gasteiger partial charge on any atom is -0.507 e. The molecular weight excluding hydrogens is 304 g/mol. The summed E-state index contributed by atoms with van der Waals surface area (Å²) in [5.41, 5.74) is 3.23. The summed E-state index contributed by atoms with van der Waals surface area (Å²) in [6.45, 7) is 3.70. The Hall–Kier alpha value is -3.08. The van der Waals surface area contributed by atoms with Crippen molar-refractivity contribution in [2.45, 2.75) is 20.3 Å². The molecule has 24 heavy (non-hydrogen) atoms. The number of pyridine rings is 1. The van der Waals surface area contributed by atoms with Gasteiger partial charge in [-0.25, -0.2) is 0 Å². The third-order valence-electron chi connectivity index (χ3n) is 3.93. The molecule has 1 aromatic heterocycles. The van der Waals surface area contributed by atoms with E-state index in [2.05, 4.69) is 9.98 Å². The van der Waals surface area contributed by atoms with Crippen LogP contribution in [0.4, 0.5) is 5.69 Å². The zero-order valence-electron chi connectivity index (χ0n) is 13.5. The zero-order valence-corrected chi connectivity index (χ0v) is 13.5. The Labute approximate surface area is 139 Å². The van der Waals surface area contributed by atoms with Gasteiger partial charge < -0.3 is 15.3 Å². The van der Waals surface area contributed by atoms with Gasteiger partial charge in [0.15, 0.2) is 5.75 Å². The van der Waals surface area contributed by atoms with Gasteiger partial charge in [0.1, 0.15) is 22.7 Å². The minimum absolute atomic E-state index is 0.0272. The van der Waals surface area contributed by atoms with Crippen LogP contribution in [0.15, 0.2) is 41.5 Å². The predicted octanol–water partition coefficient (Wildman–Crippen LogP) is 3.91. The fourth-order valence-electron chi connectivity index (χ4n) is 2.71. The van der Waals surface area contributed by atoms with Crippen molar-refractivity contribution < 1.29 is 15.3 Å². The average molecular weight is 322 g/mol. The number of hydrogen-bond acceptors (Lipinski definition) is 5.